The number of fused-ring (bicyclic) bond motifs is 1. The second kappa shape index (κ2) is 7.87. The van der Waals surface area contributed by atoms with Crippen molar-refractivity contribution in [2.45, 2.75) is 51.0 Å². The maximum Gasteiger partial charge on any atom is 0.395 e. The van der Waals surface area contributed by atoms with Gasteiger partial charge in [-0.1, -0.05) is 13.8 Å². The molecule has 1 unspecified atom stereocenters. The van der Waals surface area contributed by atoms with Crippen LogP contribution in [0.25, 0.3) is 10.9 Å². The number of halogens is 5. The van der Waals surface area contributed by atoms with Crippen LogP contribution in [0.3, 0.4) is 0 Å². The fraction of sp³-hybridized carbons (Fsp3) is 0.500. The highest BCUT2D eigenvalue weighted by atomic mass is 79.9. The zero-order chi connectivity index (χ0) is 21.6. The lowest BCUT2D eigenvalue weighted by Crippen LogP contribution is -2.37. The first-order valence-electron chi connectivity index (χ1n) is 8.44. The number of nitrogens with two attached hydrogens (primary N) is 1. The van der Waals surface area contributed by atoms with Gasteiger partial charge in [-0.05, 0) is 53.9 Å². The van der Waals surface area contributed by atoms with Crippen LogP contribution in [0.4, 0.5) is 17.6 Å². The van der Waals surface area contributed by atoms with E-state index in [-0.39, 0.29) is 20.9 Å². The van der Waals surface area contributed by atoms with E-state index in [0.717, 1.165) is 16.8 Å². The van der Waals surface area contributed by atoms with Crippen LogP contribution in [0.5, 0.6) is 0 Å². The third kappa shape index (κ3) is 4.49. The van der Waals surface area contributed by atoms with E-state index in [1.54, 1.807) is 13.8 Å². The van der Waals surface area contributed by atoms with Crippen LogP contribution in [0.1, 0.15) is 50.4 Å². The lowest BCUT2D eigenvalue weighted by Gasteiger charge is -2.28. The molecule has 0 aliphatic heterocycles. The van der Waals surface area contributed by atoms with Crippen LogP contribution in [0, 0.1) is 11.7 Å². The van der Waals surface area contributed by atoms with E-state index in [9.17, 15) is 26.6 Å². The molecule has 10 heteroatoms. The Morgan fingerprint density at radius 3 is 2.32 bits per heavy atom. The number of nitrogens with zero attached hydrogens (tertiary/aromatic N) is 1. The third-order valence-corrected chi connectivity index (χ3v) is 6.48. The minimum absolute atomic E-state index is 0.0179. The summed E-state index contributed by atoms with van der Waals surface area (Å²) in [6.45, 7) is 5.98. The van der Waals surface area contributed by atoms with Crippen LogP contribution in [-0.4, -0.2) is 25.6 Å². The number of hydrogen-bond donors (Lipinski definition) is 1. The molecule has 2 rings (SSSR count). The summed E-state index contributed by atoms with van der Waals surface area (Å²) in [7, 11) is -2.01. The molecule has 1 heterocycles. The van der Waals surface area contributed by atoms with Crippen molar-refractivity contribution in [3.63, 3.8) is 0 Å². The molecular weight excluding hydrogens is 464 g/mol. The summed E-state index contributed by atoms with van der Waals surface area (Å²) in [6, 6.07) is 2.26. The van der Waals surface area contributed by atoms with Gasteiger partial charge >= 0.3 is 6.18 Å². The van der Waals surface area contributed by atoms with Crippen molar-refractivity contribution >= 4 is 43.7 Å². The number of benzene rings is 1. The molecule has 0 amide bonds. The molecule has 0 radical (unpaired) electrons. The van der Waals surface area contributed by atoms with Gasteiger partial charge in [-0.15, -0.1) is 0 Å². The van der Waals surface area contributed by atoms with Crippen molar-refractivity contribution in [1.29, 1.82) is 0 Å². The van der Waals surface area contributed by atoms with E-state index in [4.69, 9.17) is 5.14 Å². The van der Waals surface area contributed by atoms with E-state index in [2.05, 4.69) is 15.9 Å². The molecule has 0 saturated carbocycles. The molecule has 28 heavy (non-hydrogen) atoms. The minimum Gasteiger partial charge on any atom is -0.287 e. The van der Waals surface area contributed by atoms with E-state index >= 15 is 0 Å². The first kappa shape index (κ1) is 23.0. The molecule has 0 fully saturated rings. The summed E-state index contributed by atoms with van der Waals surface area (Å²) in [5.74, 6) is -3.72. The summed E-state index contributed by atoms with van der Waals surface area (Å²) >= 11 is 3.01. The Morgan fingerprint density at radius 2 is 1.86 bits per heavy atom. The zero-order valence-corrected chi connectivity index (χ0v) is 18.1. The Labute approximate surface area is 171 Å². The predicted molar refractivity (Wildman–Crippen MR) is 105 cm³/mol. The van der Waals surface area contributed by atoms with Crippen LogP contribution < -0.4 is 5.14 Å². The highest BCUT2D eigenvalue weighted by Crippen LogP contribution is 2.45. The first-order chi connectivity index (χ1) is 12.7. The molecule has 1 aromatic heterocycles. The van der Waals surface area contributed by atoms with Crippen LogP contribution in [-0.2, 0) is 11.0 Å². The molecule has 0 bridgehead atoms. The van der Waals surface area contributed by atoms with Gasteiger partial charge in [-0.25, -0.2) is 8.60 Å². The molecule has 0 aliphatic rings. The van der Waals surface area contributed by atoms with Gasteiger partial charge in [0, 0.05) is 17.5 Å². The number of carbonyl (C=O) groups is 1. The predicted octanol–water partition coefficient (Wildman–Crippen LogP) is 5.28. The van der Waals surface area contributed by atoms with Gasteiger partial charge < -0.3 is 0 Å². The monoisotopic (exact) mass is 484 g/mol. The standard InChI is InChI=1S/C18H21BrF4N2O2S/c1-9(2)16(26)25-8-11(10-5-14(20)13(19)6-15(10)25)12(18(21,22)23)7-17(3,4)28(24)27/h5-6,8-9,12H,7,24H2,1-4H3/t12-,28?/m0/s1. The molecule has 0 saturated heterocycles. The SMILES string of the molecule is CC(C)C(=O)n1cc([C@H](CC(C)(C)S(N)=O)C(F)(F)F)c2cc(F)c(Br)cc21. The Morgan fingerprint density at radius 1 is 1.29 bits per heavy atom. The molecule has 0 spiro atoms. The molecule has 0 aliphatic carbocycles. The van der Waals surface area contributed by atoms with E-state index < -0.39 is 51.9 Å². The summed E-state index contributed by atoms with van der Waals surface area (Å²) in [5.41, 5.74) is -0.0793. The van der Waals surface area contributed by atoms with Crippen LogP contribution >= 0.6 is 15.9 Å². The quantitative estimate of drug-likeness (QED) is 0.586. The fourth-order valence-corrected chi connectivity index (χ4v) is 3.62. The van der Waals surface area contributed by atoms with Gasteiger partial charge in [-0.3, -0.25) is 14.5 Å². The Kier molecular flexibility index (Phi) is 6.47. The average Bonchev–Trinajstić information content (AvgIpc) is 2.89. The average molecular weight is 485 g/mol. The summed E-state index contributed by atoms with van der Waals surface area (Å²) in [6.07, 6.45) is -4.18. The summed E-state index contributed by atoms with van der Waals surface area (Å²) < 4.78 is 67.5. The molecule has 4 nitrogen and oxygen atoms in total. The van der Waals surface area contributed by atoms with Gasteiger partial charge in [0.1, 0.15) is 5.82 Å². The summed E-state index contributed by atoms with van der Waals surface area (Å²) in [4.78, 5) is 12.5. The highest BCUT2D eigenvalue weighted by Gasteiger charge is 2.46. The van der Waals surface area contributed by atoms with Gasteiger partial charge in [0.25, 0.3) is 0 Å². The van der Waals surface area contributed by atoms with E-state index in [0.29, 0.717) is 0 Å². The molecular formula is C18H21BrF4N2O2S. The molecule has 2 aromatic rings. The first-order valence-corrected chi connectivity index (χ1v) is 10.4. The highest BCUT2D eigenvalue weighted by molar-refractivity contribution is 9.10. The van der Waals surface area contributed by atoms with Crippen molar-refractivity contribution in [3.8, 4) is 0 Å². The zero-order valence-electron chi connectivity index (χ0n) is 15.7. The minimum atomic E-state index is -4.71. The number of rotatable bonds is 5. The number of aromatic nitrogens is 1. The third-order valence-electron chi connectivity index (χ3n) is 4.62. The number of carbonyl (C=O) groups excluding carboxylic acids is 1. The second-order valence-corrected chi connectivity index (χ2v) is 10.1. The second-order valence-electron chi connectivity index (χ2n) is 7.59. The molecule has 156 valence electrons. The maximum absolute atomic E-state index is 14.1. The lowest BCUT2D eigenvalue weighted by molar-refractivity contribution is -0.152. The molecule has 2 atom stereocenters. The number of hydrogen-bond acceptors (Lipinski definition) is 2. The van der Waals surface area contributed by atoms with Crippen LogP contribution in [0.2, 0.25) is 0 Å². The molecule has 1 aromatic carbocycles. The fourth-order valence-electron chi connectivity index (χ4n) is 2.96. The normalized spacial score (nSPS) is 15.2. The smallest absolute Gasteiger partial charge is 0.287 e. The lowest BCUT2D eigenvalue weighted by atomic mass is 9.89. The van der Waals surface area contributed by atoms with Crippen LogP contribution in [0.15, 0.2) is 22.8 Å². The van der Waals surface area contributed by atoms with E-state index in [1.165, 1.54) is 19.9 Å². The largest absolute Gasteiger partial charge is 0.395 e. The van der Waals surface area contributed by atoms with Gasteiger partial charge in [0.15, 0.2) is 0 Å². The van der Waals surface area contributed by atoms with Gasteiger partial charge in [0.05, 0.1) is 31.6 Å². The van der Waals surface area contributed by atoms with Crippen molar-refractivity contribution in [1.82, 2.24) is 4.57 Å². The number of alkyl halides is 3. The Balaban J connectivity index is 2.79. The van der Waals surface area contributed by atoms with Crippen molar-refractivity contribution in [2.75, 3.05) is 0 Å². The summed E-state index contributed by atoms with van der Waals surface area (Å²) in [5, 5.41) is 5.35. The Hall–Kier alpha value is -1.26. The van der Waals surface area contributed by atoms with E-state index in [1.807, 2.05) is 0 Å². The van der Waals surface area contributed by atoms with Crippen molar-refractivity contribution in [3.05, 3.63) is 34.2 Å². The van der Waals surface area contributed by atoms with Crippen molar-refractivity contribution in [2.24, 2.45) is 11.1 Å². The Bertz CT molecular complexity index is 938. The molecule has 2 N–H and O–H groups in total. The van der Waals surface area contributed by atoms with Crippen molar-refractivity contribution < 1.29 is 26.6 Å². The topological polar surface area (TPSA) is 65.1 Å². The van der Waals surface area contributed by atoms with Gasteiger partial charge in [0.2, 0.25) is 5.91 Å². The maximum atomic E-state index is 14.1. The van der Waals surface area contributed by atoms with Gasteiger partial charge in [-0.2, -0.15) is 13.2 Å².